The molecule has 1 unspecified atom stereocenters. The minimum absolute atomic E-state index is 0.0289. The Balaban J connectivity index is 1.46. The molecule has 2 aromatic carbocycles. The van der Waals surface area contributed by atoms with Gasteiger partial charge in [0, 0.05) is 40.4 Å². The summed E-state index contributed by atoms with van der Waals surface area (Å²) in [5, 5.41) is 32.3. The molecule has 1 aliphatic rings. The number of rotatable bonds is 7. The van der Waals surface area contributed by atoms with E-state index in [1.54, 1.807) is 17.4 Å². The molecule has 0 radical (unpaired) electrons. The first kappa shape index (κ1) is 27.4. The number of fused-ring (bicyclic) bond motifs is 2. The third-order valence-electron chi connectivity index (χ3n) is 7.06. The van der Waals surface area contributed by atoms with Crippen molar-refractivity contribution in [1.82, 2.24) is 25.3 Å². The average Bonchev–Trinajstić information content (AvgIpc) is 3.62. The molecular weight excluding hydrogens is 582 g/mol. The van der Waals surface area contributed by atoms with Crippen LogP contribution >= 0.6 is 34.5 Å². The summed E-state index contributed by atoms with van der Waals surface area (Å²) >= 11 is 14.5. The predicted octanol–water partition coefficient (Wildman–Crippen LogP) is 7.38. The van der Waals surface area contributed by atoms with E-state index in [1.165, 1.54) is 28.8 Å². The zero-order valence-electron chi connectivity index (χ0n) is 22.2. The van der Waals surface area contributed by atoms with Gasteiger partial charge in [0.15, 0.2) is 0 Å². The lowest BCUT2D eigenvalue weighted by molar-refractivity contribution is 0.514. The first-order valence-electron chi connectivity index (χ1n) is 13.0. The third kappa shape index (κ3) is 5.34. The van der Waals surface area contributed by atoms with Crippen molar-refractivity contribution < 1.29 is 4.39 Å². The summed E-state index contributed by atoms with van der Waals surface area (Å²) in [7, 11) is 0. The lowest BCUT2D eigenvalue weighted by atomic mass is 9.97. The highest BCUT2D eigenvalue weighted by Gasteiger charge is 2.26. The molecule has 0 bridgehead atoms. The van der Waals surface area contributed by atoms with E-state index in [-0.39, 0.29) is 17.1 Å². The molecule has 4 heterocycles. The van der Waals surface area contributed by atoms with E-state index < -0.39 is 5.82 Å². The number of nitriles is 1. The standard InChI is InChI=1S/C29H25Cl2FN8S/c1-15(2)40-13-25(38-39-40)29(21-14-41-26-12-34-6-5-19(21)26)37-18-7-20-27(36-17-3-4-24(32)22(30)8-17)16(10-33)11-35-28(20)23(31)9-18/h3-4,7-9,11,13-15,29,34,37H,5-6,12H2,1-2H3,(H,35,36). The maximum atomic E-state index is 13.8. The van der Waals surface area contributed by atoms with Gasteiger partial charge >= 0.3 is 0 Å². The molecule has 0 aliphatic carbocycles. The van der Waals surface area contributed by atoms with Crippen molar-refractivity contribution in [3.05, 3.63) is 91.2 Å². The predicted molar refractivity (Wildman–Crippen MR) is 162 cm³/mol. The van der Waals surface area contributed by atoms with Gasteiger partial charge in [-0.3, -0.25) is 4.98 Å². The number of nitrogens with zero attached hydrogens (tertiary/aromatic N) is 5. The average molecular weight is 608 g/mol. The minimum atomic E-state index is -0.529. The van der Waals surface area contributed by atoms with Gasteiger partial charge in [-0.05, 0) is 73.7 Å². The molecule has 0 amide bonds. The molecule has 0 saturated heterocycles. The van der Waals surface area contributed by atoms with Crippen LogP contribution in [-0.4, -0.2) is 26.5 Å². The minimum Gasteiger partial charge on any atom is -0.373 e. The summed E-state index contributed by atoms with van der Waals surface area (Å²) in [6.45, 7) is 5.88. The van der Waals surface area contributed by atoms with E-state index >= 15 is 0 Å². The summed E-state index contributed by atoms with van der Waals surface area (Å²) in [5.41, 5.74) is 5.83. The number of hydrogen-bond acceptors (Lipinski definition) is 8. The van der Waals surface area contributed by atoms with Crippen molar-refractivity contribution >= 4 is 62.5 Å². The molecule has 1 atom stereocenters. The Bertz CT molecular complexity index is 1810. The number of halogens is 3. The third-order valence-corrected chi connectivity index (χ3v) is 8.68. The number of hydrogen-bond donors (Lipinski definition) is 3. The topological polar surface area (TPSA) is 103 Å². The quantitative estimate of drug-likeness (QED) is 0.177. The lowest BCUT2D eigenvalue weighted by Gasteiger charge is -2.22. The zero-order chi connectivity index (χ0) is 28.7. The highest BCUT2D eigenvalue weighted by atomic mass is 35.5. The number of pyridine rings is 1. The summed E-state index contributed by atoms with van der Waals surface area (Å²) < 4.78 is 15.7. The molecule has 0 saturated carbocycles. The largest absolute Gasteiger partial charge is 0.373 e. The van der Waals surface area contributed by atoms with E-state index in [0.29, 0.717) is 32.9 Å². The second kappa shape index (κ2) is 11.3. The van der Waals surface area contributed by atoms with Crippen LogP contribution in [0.15, 0.2) is 48.1 Å². The summed E-state index contributed by atoms with van der Waals surface area (Å²) in [5.74, 6) is -0.529. The maximum Gasteiger partial charge on any atom is 0.141 e. The second-order valence-electron chi connectivity index (χ2n) is 10.1. The Morgan fingerprint density at radius 2 is 2.00 bits per heavy atom. The lowest BCUT2D eigenvalue weighted by Crippen LogP contribution is -2.24. The van der Waals surface area contributed by atoms with Crippen molar-refractivity contribution in [1.29, 1.82) is 5.26 Å². The van der Waals surface area contributed by atoms with Crippen molar-refractivity contribution in [2.24, 2.45) is 0 Å². The fourth-order valence-electron chi connectivity index (χ4n) is 4.96. The number of aromatic nitrogens is 4. The Morgan fingerprint density at radius 1 is 1.17 bits per heavy atom. The summed E-state index contributed by atoms with van der Waals surface area (Å²) in [6.07, 6.45) is 4.36. The Morgan fingerprint density at radius 3 is 2.76 bits per heavy atom. The number of nitrogens with one attached hydrogen (secondary N) is 3. The molecule has 3 aromatic heterocycles. The van der Waals surface area contributed by atoms with Gasteiger partial charge in [0.05, 0.1) is 39.1 Å². The smallest absolute Gasteiger partial charge is 0.141 e. The van der Waals surface area contributed by atoms with Gasteiger partial charge in [-0.1, -0.05) is 28.4 Å². The van der Waals surface area contributed by atoms with Crippen LogP contribution in [0.5, 0.6) is 0 Å². The molecule has 1 aliphatic heterocycles. The monoisotopic (exact) mass is 606 g/mol. The van der Waals surface area contributed by atoms with Gasteiger partial charge in [0.25, 0.3) is 0 Å². The van der Waals surface area contributed by atoms with Crippen LogP contribution in [0.3, 0.4) is 0 Å². The van der Waals surface area contributed by atoms with Gasteiger partial charge in [-0.25, -0.2) is 9.07 Å². The molecule has 0 fully saturated rings. The van der Waals surface area contributed by atoms with Crippen LogP contribution < -0.4 is 16.0 Å². The Kier molecular flexibility index (Phi) is 7.53. The molecule has 8 nitrogen and oxygen atoms in total. The fourth-order valence-corrected chi connectivity index (χ4v) is 6.50. The van der Waals surface area contributed by atoms with Crippen molar-refractivity contribution in [3.8, 4) is 6.07 Å². The Hall–Kier alpha value is -3.75. The zero-order valence-corrected chi connectivity index (χ0v) is 24.5. The van der Waals surface area contributed by atoms with Crippen LogP contribution in [0.25, 0.3) is 10.9 Å². The highest BCUT2D eigenvalue weighted by molar-refractivity contribution is 7.10. The van der Waals surface area contributed by atoms with Crippen molar-refractivity contribution in [2.75, 3.05) is 17.2 Å². The molecular formula is C29H25Cl2FN8S. The van der Waals surface area contributed by atoms with Gasteiger partial charge in [-0.15, -0.1) is 16.4 Å². The second-order valence-corrected chi connectivity index (χ2v) is 11.9. The molecule has 5 aromatic rings. The molecule has 12 heteroatoms. The number of benzene rings is 2. The van der Waals surface area contributed by atoms with Crippen LogP contribution in [0.4, 0.5) is 21.5 Å². The van der Waals surface area contributed by atoms with Crippen LogP contribution in [0.1, 0.15) is 53.2 Å². The molecule has 0 spiro atoms. The van der Waals surface area contributed by atoms with Gasteiger partial charge < -0.3 is 16.0 Å². The van der Waals surface area contributed by atoms with E-state index in [0.717, 1.165) is 36.5 Å². The normalized spacial score (nSPS) is 13.7. The van der Waals surface area contributed by atoms with Gasteiger partial charge in [-0.2, -0.15) is 5.26 Å². The number of anilines is 3. The van der Waals surface area contributed by atoms with Crippen molar-refractivity contribution in [2.45, 2.75) is 38.9 Å². The maximum absolute atomic E-state index is 13.8. The van der Waals surface area contributed by atoms with E-state index in [9.17, 15) is 9.65 Å². The summed E-state index contributed by atoms with van der Waals surface area (Å²) in [4.78, 5) is 5.77. The van der Waals surface area contributed by atoms with Crippen LogP contribution in [-0.2, 0) is 13.0 Å². The van der Waals surface area contributed by atoms with Crippen LogP contribution in [0.2, 0.25) is 10.0 Å². The van der Waals surface area contributed by atoms with Crippen molar-refractivity contribution in [3.63, 3.8) is 0 Å². The SMILES string of the molecule is CC(C)n1cc(C(Nc2cc(Cl)c3ncc(C#N)c(Nc4ccc(F)c(Cl)c4)c3c2)c2csc3c2CCNC3)nn1. The van der Waals surface area contributed by atoms with E-state index in [4.69, 9.17) is 23.2 Å². The molecule has 3 N–H and O–H groups in total. The first-order valence-corrected chi connectivity index (χ1v) is 14.7. The number of thiophene rings is 1. The highest BCUT2D eigenvalue weighted by Crippen LogP contribution is 2.39. The van der Waals surface area contributed by atoms with Gasteiger partial charge in [0.1, 0.15) is 17.6 Å². The van der Waals surface area contributed by atoms with E-state index in [2.05, 4.69) is 56.5 Å². The molecule has 208 valence electrons. The first-order chi connectivity index (χ1) is 19.8. The van der Waals surface area contributed by atoms with Crippen LogP contribution in [0, 0.1) is 17.1 Å². The Labute approximate surface area is 250 Å². The molecule has 6 rings (SSSR count). The van der Waals surface area contributed by atoms with Gasteiger partial charge in [0.2, 0.25) is 0 Å². The van der Waals surface area contributed by atoms with E-state index in [1.807, 2.05) is 23.0 Å². The fraction of sp³-hybridized carbons (Fsp3) is 0.241. The molecule has 41 heavy (non-hydrogen) atoms. The summed E-state index contributed by atoms with van der Waals surface area (Å²) in [6, 6.07) is 10.1.